The highest BCUT2D eigenvalue weighted by Crippen LogP contribution is 2.35. The molecule has 19 heavy (non-hydrogen) atoms. The molecule has 0 radical (unpaired) electrons. The summed E-state index contributed by atoms with van der Waals surface area (Å²) in [5, 5.41) is 4.12. The number of benzene rings is 1. The molecule has 0 aliphatic carbocycles. The molecule has 3 atom stereocenters. The lowest BCUT2D eigenvalue weighted by molar-refractivity contribution is -0.116. The van der Waals surface area contributed by atoms with Crippen molar-refractivity contribution in [3.8, 4) is 0 Å². The zero-order valence-electron chi connectivity index (χ0n) is 11.2. The Morgan fingerprint density at radius 3 is 2.68 bits per heavy atom. The van der Waals surface area contributed by atoms with Crippen LogP contribution in [0.15, 0.2) is 18.2 Å². The Morgan fingerprint density at radius 1 is 1.32 bits per heavy atom. The monoisotopic (exact) mass is 277 g/mol. The fourth-order valence-electron chi connectivity index (χ4n) is 2.86. The number of hydrogen-bond acceptors (Lipinski definition) is 4. The molecule has 2 aliphatic heterocycles. The first-order valence-electron chi connectivity index (χ1n) is 6.65. The van der Waals surface area contributed by atoms with Gasteiger partial charge in [0, 0.05) is 40.5 Å². The lowest BCUT2D eigenvalue weighted by Gasteiger charge is -2.36. The number of hydrogen-bond donors (Lipinski definition) is 2. The average Bonchev–Trinajstić information content (AvgIpc) is 2.63. The van der Waals surface area contributed by atoms with Crippen LogP contribution < -0.4 is 16.0 Å². The molecule has 2 aliphatic rings. The number of nitrogens with two attached hydrogens (primary N) is 1. The topological polar surface area (TPSA) is 58.4 Å². The maximum Gasteiger partial charge on any atom is 0.245 e. The first-order valence-corrected chi connectivity index (χ1v) is 7.59. The maximum absolute atomic E-state index is 11.6. The Hall–Kier alpha value is -1.20. The van der Waals surface area contributed by atoms with Gasteiger partial charge in [-0.2, -0.15) is 11.8 Å². The second-order valence-corrected chi connectivity index (χ2v) is 7.28. The van der Waals surface area contributed by atoms with Crippen molar-refractivity contribution in [1.29, 1.82) is 0 Å². The van der Waals surface area contributed by atoms with Crippen LogP contribution in [0.2, 0.25) is 0 Å². The highest BCUT2D eigenvalue weighted by molar-refractivity contribution is 8.00. The van der Waals surface area contributed by atoms with Gasteiger partial charge in [0.2, 0.25) is 5.91 Å². The molecule has 1 fully saturated rings. The molecule has 0 saturated carbocycles. The van der Waals surface area contributed by atoms with Crippen LogP contribution >= 0.6 is 11.8 Å². The summed E-state index contributed by atoms with van der Waals surface area (Å²) >= 11 is 2.03. The highest BCUT2D eigenvalue weighted by Gasteiger charge is 2.28. The quantitative estimate of drug-likeness (QED) is 0.824. The summed E-state index contributed by atoms with van der Waals surface area (Å²) in [6, 6.07) is 5.59. The van der Waals surface area contributed by atoms with E-state index in [1.807, 2.05) is 17.8 Å². The van der Waals surface area contributed by atoms with Gasteiger partial charge in [-0.15, -0.1) is 0 Å². The van der Waals surface area contributed by atoms with Gasteiger partial charge in [-0.1, -0.05) is 19.9 Å². The summed E-state index contributed by atoms with van der Waals surface area (Å²) in [6.07, 6.45) is 0. The average molecular weight is 277 g/mol. The van der Waals surface area contributed by atoms with E-state index in [1.54, 1.807) is 0 Å². The van der Waals surface area contributed by atoms with Crippen molar-refractivity contribution >= 4 is 29.0 Å². The zero-order chi connectivity index (χ0) is 13.6. The van der Waals surface area contributed by atoms with Crippen LogP contribution in [0.5, 0.6) is 0 Å². The van der Waals surface area contributed by atoms with E-state index in [-0.39, 0.29) is 5.91 Å². The first-order chi connectivity index (χ1) is 9.04. The second-order valence-electron chi connectivity index (χ2n) is 5.40. The van der Waals surface area contributed by atoms with Gasteiger partial charge in [0.1, 0.15) is 6.04 Å². The third-order valence-electron chi connectivity index (χ3n) is 3.70. The van der Waals surface area contributed by atoms with E-state index in [2.05, 4.69) is 36.2 Å². The van der Waals surface area contributed by atoms with Gasteiger partial charge in [0.25, 0.3) is 0 Å². The van der Waals surface area contributed by atoms with Gasteiger partial charge in [-0.25, -0.2) is 0 Å². The van der Waals surface area contributed by atoms with Crippen LogP contribution in [0.4, 0.5) is 11.4 Å². The number of carbonyl (C=O) groups is 1. The Labute approximate surface area is 117 Å². The molecule has 0 spiro atoms. The fraction of sp³-hybridized carbons (Fsp3) is 0.500. The summed E-state index contributed by atoms with van der Waals surface area (Å²) in [6.45, 7) is 6.62. The normalized spacial score (nSPS) is 30.2. The Balaban J connectivity index is 1.87. The molecule has 3 N–H and O–H groups in total. The number of nitrogens with one attached hydrogen (secondary N) is 1. The van der Waals surface area contributed by atoms with E-state index in [9.17, 15) is 4.79 Å². The Kier molecular flexibility index (Phi) is 3.19. The Morgan fingerprint density at radius 2 is 2.00 bits per heavy atom. The first kappa shape index (κ1) is 12.8. The van der Waals surface area contributed by atoms with Crippen LogP contribution in [-0.2, 0) is 4.79 Å². The molecule has 3 unspecified atom stereocenters. The van der Waals surface area contributed by atoms with Gasteiger partial charge in [0.05, 0.1) is 0 Å². The molecule has 0 bridgehead atoms. The fourth-order valence-corrected chi connectivity index (χ4v) is 4.19. The second kappa shape index (κ2) is 4.72. The number of rotatable bonds is 1. The standard InChI is InChI=1S/C14H19N3OS/c1-8-6-17(7-9(2)19-8)10-3-4-11-12(5-10)16-14(18)13(11)15/h3-5,8-9,13H,6-7,15H2,1-2H3,(H,16,18). The number of anilines is 2. The van der Waals surface area contributed by atoms with Gasteiger partial charge in [-0.3, -0.25) is 4.79 Å². The van der Waals surface area contributed by atoms with Crippen molar-refractivity contribution in [3.05, 3.63) is 23.8 Å². The molecule has 102 valence electrons. The number of amides is 1. The molecule has 3 rings (SSSR count). The Bertz CT molecular complexity index is 509. The van der Waals surface area contributed by atoms with Crippen molar-refractivity contribution in [3.63, 3.8) is 0 Å². The molecule has 4 nitrogen and oxygen atoms in total. The van der Waals surface area contributed by atoms with Gasteiger partial charge in [0.15, 0.2) is 0 Å². The van der Waals surface area contributed by atoms with Crippen LogP contribution in [0, 0.1) is 0 Å². The molecule has 2 heterocycles. The number of fused-ring (bicyclic) bond motifs is 1. The molecule has 0 aromatic heterocycles. The third kappa shape index (κ3) is 2.32. The number of carbonyl (C=O) groups excluding carboxylic acids is 1. The van der Waals surface area contributed by atoms with E-state index in [4.69, 9.17) is 5.73 Å². The van der Waals surface area contributed by atoms with Gasteiger partial charge in [-0.05, 0) is 12.1 Å². The summed E-state index contributed by atoms with van der Waals surface area (Å²) < 4.78 is 0. The molecular weight excluding hydrogens is 258 g/mol. The zero-order valence-corrected chi connectivity index (χ0v) is 12.0. The van der Waals surface area contributed by atoms with Crippen molar-refractivity contribution in [2.24, 2.45) is 5.73 Å². The predicted octanol–water partition coefficient (Wildman–Crippen LogP) is 1.97. The maximum atomic E-state index is 11.6. The van der Waals surface area contributed by atoms with E-state index in [1.165, 1.54) is 5.69 Å². The summed E-state index contributed by atoms with van der Waals surface area (Å²) in [4.78, 5) is 14.0. The minimum absolute atomic E-state index is 0.108. The van der Waals surface area contributed by atoms with Crippen molar-refractivity contribution < 1.29 is 4.79 Å². The van der Waals surface area contributed by atoms with Crippen LogP contribution in [0.1, 0.15) is 25.5 Å². The molecule has 1 saturated heterocycles. The van der Waals surface area contributed by atoms with E-state index < -0.39 is 6.04 Å². The largest absolute Gasteiger partial charge is 0.369 e. The number of thioether (sulfide) groups is 1. The number of nitrogens with zero attached hydrogens (tertiary/aromatic N) is 1. The van der Waals surface area contributed by atoms with E-state index >= 15 is 0 Å². The van der Waals surface area contributed by atoms with Crippen LogP contribution in [-0.4, -0.2) is 29.5 Å². The summed E-state index contributed by atoms with van der Waals surface area (Å²) in [5.41, 5.74) is 8.78. The predicted molar refractivity (Wildman–Crippen MR) is 80.7 cm³/mol. The van der Waals surface area contributed by atoms with Crippen molar-refractivity contribution in [1.82, 2.24) is 0 Å². The van der Waals surface area contributed by atoms with Crippen LogP contribution in [0.3, 0.4) is 0 Å². The van der Waals surface area contributed by atoms with Crippen molar-refractivity contribution in [2.45, 2.75) is 30.4 Å². The lowest BCUT2D eigenvalue weighted by atomic mass is 10.1. The summed E-state index contributed by atoms with van der Waals surface area (Å²) in [7, 11) is 0. The van der Waals surface area contributed by atoms with E-state index in [0.29, 0.717) is 10.5 Å². The van der Waals surface area contributed by atoms with E-state index in [0.717, 1.165) is 24.3 Å². The van der Waals surface area contributed by atoms with Gasteiger partial charge >= 0.3 is 0 Å². The van der Waals surface area contributed by atoms with Crippen molar-refractivity contribution in [2.75, 3.05) is 23.3 Å². The minimum atomic E-state index is -0.515. The molecule has 1 aromatic rings. The molecule has 1 aromatic carbocycles. The minimum Gasteiger partial charge on any atom is -0.369 e. The molecule has 5 heteroatoms. The highest BCUT2D eigenvalue weighted by atomic mass is 32.2. The SMILES string of the molecule is CC1CN(c2ccc3c(c2)NC(=O)C3N)CC(C)S1. The van der Waals surface area contributed by atoms with Gasteiger partial charge < -0.3 is 16.0 Å². The smallest absolute Gasteiger partial charge is 0.245 e. The summed E-state index contributed by atoms with van der Waals surface area (Å²) in [5.74, 6) is -0.108. The lowest BCUT2D eigenvalue weighted by Crippen LogP contribution is -2.40. The third-order valence-corrected chi connectivity index (χ3v) is 4.92. The molecule has 1 amide bonds. The van der Waals surface area contributed by atoms with Crippen LogP contribution in [0.25, 0.3) is 0 Å². The molecular formula is C14H19N3OS.